The zero-order chi connectivity index (χ0) is 14.0. The molecule has 98 valence electrons. The lowest BCUT2D eigenvalue weighted by Gasteiger charge is -2.04. The van der Waals surface area contributed by atoms with Crippen molar-refractivity contribution in [3.63, 3.8) is 0 Å². The quantitative estimate of drug-likeness (QED) is 0.655. The zero-order valence-corrected chi connectivity index (χ0v) is 9.18. The highest BCUT2D eigenvalue weighted by molar-refractivity contribution is 6.06. The fraction of sp³-hybridized carbons (Fsp3) is 0. The predicted octanol–water partition coefficient (Wildman–Crippen LogP) is 1.85. The highest BCUT2D eigenvalue weighted by atomic mass is 19.2. The molecule has 9 heteroatoms. The third kappa shape index (κ3) is 2.54. The lowest BCUT2D eigenvalue weighted by atomic mass is 10.1. The Balaban J connectivity index is 2.40. The number of rotatable bonds is 3. The molecule has 2 N–H and O–H groups in total. The minimum absolute atomic E-state index is 0.170. The van der Waals surface area contributed by atoms with Crippen LogP contribution in [-0.2, 0) is 0 Å². The van der Waals surface area contributed by atoms with Crippen LogP contribution in [0.5, 0.6) is 0 Å². The summed E-state index contributed by atoms with van der Waals surface area (Å²) in [6, 6.07) is 2.22. The number of hydrogen-bond donors (Lipinski definition) is 2. The van der Waals surface area contributed by atoms with E-state index in [4.69, 9.17) is 0 Å². The Kier molecular flexibility index (Phi) is 3.19. The molecular formula is C10H6F2N4O3. The van der Waals surface area contributed by atoms with Gasteiger partial charge in [0.2, 0.25) is 0 Å². The van der Waals surface area contributed by atoms with Crippen molar-refractivity contribution in [2.75, 3.05) is 5.32 Å². The summed E-state index contributed by atoms with van der Waals surface area (Å²) < 4.78 is 26.0. The number of nitro groups is 1. The second kappa shape index (κ2) is 4.80. The van der Waals surface area contributed by atoms with Crippen molar-refractivity contribution in [2.24, 2.45) is 0 Å². The van der Waals surface area contributed by atoms with Crippen LogP contribution < -0.4 is 5.32 Å². The fourth-order valence-electron chi connectivity index (χ4n) is 1.38. The van der Waals surface area contributed by atoms with Gasteiger partial charge in [0.1, 0.15) is 11.4 Å². The molecule has 0 fully saturated rings. The molecule has 0 bridgehead atoms. The molecule has 0 aliphatic heterocycles. The highest BCUT2D eigenvalue weighted by Gasteiger charge is 2.24. The van der Waals surface area contributed by atoms with Gasteiger partial charge in [-0.15, -0.1) is 0 Å². The number of carbonyl (C=O) groups excluding carboxylic acids is 1. The van der Waals surface area contributed by atoms with Gasteiger partial charge in [0.05, 0.1) is 17.2 Å². The van der Waals surface area contributed by atoms with Crippen LogP contribution in [0.3, 0.4) is 0 Å². The van der Waals surface area contributed by atoms with E-state index in [-0.39, 0.29) is 5.82 Å². The molecule has 0 saturated heterocycles. The average molecular weight is 268 g/mol. The van der Waals surface area contributed by atoms with Gasteiger partial charge in [-0.25, -0.2) is 8.78 Å². The molecule has 2 rings (SSSR count). The molecule has 1 amide bonds. The van der Waals surface area contributed by atoms with Gasteiger partial charge in [0.15, 0.2) is 11.6 Å². The smallest absolute Gasteiger partial charge is 0.285 e. The van der Waals surface area contributed by atoms with Crippen molar-refractivity contribution in [3.05, 3.63) is 51.7 Å². The SMILES string of the molecule is O=C(Nc1ccn[nH]1)c1cc(F)c(F)cc1[N+](=O)[O-]. The summed E-state index contributed by atoms with van der Waals surface area (Å²) in [4.78, 5) is 21.5. The third-order valence-electron chi connectivity index (χ3n) is 2.23. The normalized spacial score (nSPS) is 10.2. The number of nitrogens with zero attached hydrogens (tertiary/aromatic N) is 2. The zero-order valence-electron chi connectivity index (χ0n) is 9.18. The molecule has 7 nitrogen and oxygen atoms in total. The van der Waals surface area contributed by atoms with Crippen LogP contribution in [0, 0.1) is 21.7 Å². The van der Waals surface area contributed by atoms with E-state index in [1.54, 1.807) is 0 Å². The first-order chi connectivity index (χ1) is 8.99. The number of halogens is 2. The summed E-state index contributed by atoms with van der Waals surface area (Å²) in [5.41, 5.74) is -1.41. The Morgan fingerprint density at radius 3 is 2.63 bits per heavy atom. The largest absolute Gasteiger partial charge is 0.307 e. The molecule has 1 aromatic heterocycles. The summed E-state index contributed by atoms with van der Waals surface area (Å²) >= 11 is 0. The number of nitrogens with one attached hydrogen (secondary N) is 2. The number of aromatic nitrogens is 2. The second-order valence-electron chi connectivity index (χ2n) is 3.47. The molecule has 1 aromatic carbocycles. The van der Waals surface area contributed by atoms with Crippen LogP contribution in [0.4, 0.5) is 20.3 Å². The predicted molar refractivity (Wildman–Crippen MR) is 59.6 cm³/mol. The van der Waals surface area contributed by atoms with Gasteiger partial charge in [0, 0.05) is 6.07 Å². The number of amides is 1. The number of hydrogen-bond acceptors (Lipinski definition) is 4. The van der Waals surface area contributed by atoms with Gasteiger partial charge >= 0.3 is 0 Å². The number of nitro benzene ring substituents is 1. The van der Waals surface area contributed by atoms with E-state index in [0.29, 0.717) is 12.1 Å². The molecule has 0 aliphatic rings. The summed E-state index contributed by atoms with van der Waals surface area (Å²) in [6.07, 6.45) is 1.34. The number of H-pyrrole nitrogens is 1. The van der Waals surface area contributed by atoms with Gasteiger partial charge in [0.25, 0.3) is 11.6 Å². The minimum Gasteiger partial charge on any atom is -0.307 e. The molecule has 0 saturated carbocycles. The van der Waals surface area contributed by atoms with Crippen molar-refractivity contribution < 1.29 is 18.5 Å². The Hall–Kier alpha value is -2.84. The van der Waals surface area contributed by atoms with Gasteiger partial charge in [-0.3, -0.25) is 20.0 Å². The topological polar surface area (TPSA) is 101 Å². The maximum atomic E-state index is 13.1. The van der Waals surface area contributed by atoms with E-state index in [1.807, 2.05) is 0 Å². The first-order valence-electron chi connectivity index (χ1n) is 4.93. The van der Waals surface area contributed by atoms with Crippen LogP contribution in [0.15, 0.2) is 24.4 Å². The maximum Gasteiger partial charge on any atom is 0.285 e. The lowest BCUT2D eigenvalue weighted by molar-refractivity contribution is -0.385. The van der Waals surface area contributed by atoms with E-state index in [2.05, 4.69) is 15.5 Å². The molecule has 0 radical (unpaired) electrons. The van der Waals surface area contributed by atoms with Gasteiger partial charge < -0.3 is 5.32 Å². The van der Waals surface area contributed by atoms with E-state index < -0.39 is 33.7 Å². The van der Waals surface area contributed by atoms with E-state index in [9.17, 15) is 23.7 Å². The van der Waals surface area contributed by atoms with E-state index >= 15 is 0 Å². The summed E-state index contributed by atoms with van der Waals surface area (Å²) in [5, 5.41) is 18.9. The van der Waals surface area contributed by atoms with Crippen LogP contribution in [-0.4, -0.2) is 21.0 Å². The van der Waals surface area contributed by atoms with Crippen molar-refractivity contribution in [2.45, 2.75) is 0 Å². The standard InChI is InChI=1S/C10H6F2N4O3/c11-6-3-5(8(16(18)19)4-7(6)12)10(17)14-9-1-2-13-15-9/h1-4H,(H2,13,14,15,17). The van der Waals surface area contributed by atoms with Crippen LogP contribution in [0.1, 0.15) is 10.4 Å². The molecule has 0 aliphatic carbocycles. The third-order valence-corrected chi connectivity index (χ3v) is 2.23. The van der Waals surface area contributed by atoms with Crippen molar-refractivity contribution in [3.8, 4) is 0 Å². The monoisotopic (exact) mass is 268 g/mol. The van der Waals surface area contributed by atoms with Crippen LogP contribution in [0.2, 0.25) is 0 Å². The Labute approximate surface area is 104 Å². The molecular weight excluding hydrogens is 262 g/mol. The fourth-order valence-corrected chi connectivity index (χ4v) is 1.38. The molecule has 2 aromatic rings. The summed E-state index contributed by atoms with van der Waals surface area (Å²) in [6.45, 7) is 0. The van der Waals surface area contributed by atoms with Crippen LogP contribution >= 0.6 is 0 Å². The molecule has 0 atom stereocenters. The Bertz CT molecular complexity index is 642. The maximum absolute atomic E-state index is 13.1. The minimum atomic E-state index is -1.40. The number of carbonyl (C=O) groups is 1. The van der Waals surface area contributed by atoms with Crippen molar-refractivity contribution in [1.29, 1.82) is 0 Å². The first kappa shape index (κ1) is 12.6. The number of aromatic amines is 1. The average Bonchev–Trinajstić information content (AvgIpc) is 2.84. The molecule has 0 unspecified atom stereocenters. The highest BCUT2D eigenvalue weighted by Crippen LogP contribution is 2.23. The molecule has 19 heavy (non-hydrogen) atoms. The van der Waals surface area contributed by atoms with Gasteiger partial charge in [-0.1, -0.05) is 0 Å². The Morgan fingerprint density at radius 2 is 2.05 bits per heavy atom. The van der Waals surface area contributed by atoms with Gasteiger partial charge in [-0.05, 0) is 6.07 Å². The van der Waals surface area contributed by atoms with E-state index in [1.165, 1.54) is 12.3 Å². The second-order valence-corrected chi connectivity index (χ2v) is 3.47. The molecule has 0 spiro atoms. The van der Waals surface area contributed by atoms with Crippen molar-refractivity contribution in [1.82, 2.24) is 10.2 Å². The van der Waals surface area contributed by atoms with Gasteiger partial charge in [-0.2, -0.15) is 5.10 Å². The number of benzene rings is 1. The number of anilines is 1. The van der Waals surface area contributed by atoms with E-state index in [0.717, 1.165) is 0 Å². The summed E-state index contributed by atoms with van der Waals surface area (Å²) in [5.74, 6) is -3.52. The lowest BCUT2D eigenvalue weighted by Crippen LogP contribution is -2.15. The Morgan fingerprint density at radius 1 is 1.37 bits per heavy atom. The van der Waals surface area contributed by atoms with Crippen LogP contribution in [0.25, 0.3) is 0 Å². The van der Waals surface area contributed by atoms with Crippen molar-refractivity contribution >= 4 is 17.4 Å². The molecule has 1 heterocycles. The summed E-state index contributed by atoms with van der Waals surface area (Å²) in [7, 11) is 0. The first-order valence-corrected chi connectivity index (χ1v) is 4.93.